The minimum Gasteiger partial charge on any atom is -0.545 e. The molecular formula is C15H13BrNO5S-. The SMILES string of the molecule is COc1ccc(Br)cc1S(=O)(=O)Nc1cc(C(=O)[O-])ccc1C. The fraction of sp³-hybridized carbons (Fsp3) is 0.133. The molecular weight excluding hydrogens is 386 g/mol. The Morgan fingerprint density at radius 1 is 1.22 bits per heavy atom. The Hall–Kier alpha value is -2.06. The number of methoxy groups -OCH3 is 1. The summed E-state index contributed by atoms with van der Waals surface area (Å²) in [5.74, 6) is -1.21. The van der Waals surface area contributed by atoms with E-state index in [4.69, 9.17) is 4.74 Å². The fourth-order valence-electron chi connectivity index (χ4n) is 1.92. The number of hydrogen-bond donors (Lipinski definition) is 1. The lowest BCUT2D eigenvalue weighted by atomic mass is 10.1. The van der Waals surface area contributed by atoms with Gasteiger partial charge in [0.15, 0.2) is 0 Å². The summed E-state index contributed by atoms with van der Waals surface area (Å²) in [6, 6.07) is 8.64. The standard InChI is InChI=1S/C15H14BrNO5S/c1-9-3-4-10(15(18)19)7-12(9)17-23(20,21)14-8-11(16)5-6-13(14)22-2/h3-8,17H,1-2H3,(H,18,19)/p-1. The summed E-state index contributed by atoms with van der Waals surface area (Å²) in [7, 11) is -2.60. The van der Waals surface area contributed by atoms with Crippen molar-refractivity contribution in [2.45, 2.75) is 11.8 Å². The number of aryl methyl sites for hydroxylation is 1. The van der Waals surface area contributed by atoms with Gasteiger partial charge in [-0.3, -0.25) is 4.72 Å². The first-order valence-corrected chi connectivity index (χ1v) is 8.70. The molecule has 2 aromatic carbocycles. The van der Waals surface area contributed by atoms with E-state index in [2.05, 4.69) is 20.7 Å². The maximum atomic E-state index is 12.6. The van der Waals surface area contributed by atoms with Gasteiger partial charge in [-0.15, -0.1) is 0 Å². The number of halogens is 1. The highest BCUT2D eigenvalue weighted by Crippen LogP contribution is 2.29. The molecule has 23 heavy (non-hydrogen) atoms. The average Bonchev–Trinajstić information content (AvgIpc) is 2.49. The molecule has 0 unspecified atom stereocenters. The summed E-state index contributed by atoms with van der Waals surface area (Å²) in [5.41, 5.74) is 0.621. The zero-order chi connectivity index (χ0) is 17.2. The molecule has 0 aliphatic carbocycles. The molecule has 8 heteroatoms. The quantitative estimate of drug-likeness (QED) is 0.829. The molecule has 2 rings (SSSR count). The van der Waals surface area contributed by atoms with Gasteiger partial charge in [-0.25, -0.2) is 8.42 Å². The van der Waals surface area contributed by atoms with Gasteiger partial charge >= 0.3 is 0 Å². The first-order chi connectivity index (χ1) is 10.7. The van der Waals surface area contributed by atoms with E-state index in [1.807, 2.05) is 0 Å². The third kappa shape index (κ3) is 3.83. The monoisotopic (exact) mass is 398 g/mol. The second-order valence-electron chi connectivity index (χ2n) is 4.72. The van der Waals surface area contributed by atoms with E-state index in [1.165, 1.54) is 37.4 Å². The predicted molar refractivity (Wildman–Crippen MR) is 87.0 cm³/mol. The number of sulfonamides is 1. The number of anilines is 1. The lowest BCUT2D eigenvalue weighted by Gasteiger charge is -2.14. The van der Waals surface area contributed by atoms with Crippen LogP contribution in [0.25, 0.3) is 0 Å². The van der Waals surface area contributed by atoms with E-state index in [0.29, 0.717) is 10.0 Å². The van der Waals surface area contributed by atoms with Crippen LogP contribution in [0, 0.1) is 6.92 Å². The maximum Gasteiger partial charge on any atom is 0.265 e. The number of carboxylic acid groups (broad SMARTS) is 1. The second-order valence-corrected chi connectivity index (χ2v) is 7.28. The Kier molecular flexibility index (Phi) is 4.96. The van der Waals surface area contributed by atoms with E-state index in [9.17, 15) is 18.3 Å². The number of carbonyl (C=O) groups is 1. The lowest BCUT2D eigenvalue weighted by molar-refractivity contribution is -0.255. The van der Waals surface area contributed by atoms with Crippen LogP contribution in [0.1, 0.15) is 15.9 Å². The van der Waals surface area contributed by atoms with Crippen LogP contribution < -0.4 is 14.6 Å². The minimum absolute atomic E-state index is 0.0624. The van der Waals surface area contributed by atoms with Crippen LogP contribution in [0.3, 0.4) is 0 Å². The summed E-state index contributed by atoms with van der Waals surface area (Å²) < 4.78 is 33.2. The molecule has 0 bridgehead atoms. The molecule has 6 nitrogen and oxygen atoms in total. The van der Waals surface area contributed by atoms with Crippen molar-refractivity contribution in [3.63, 3.8) is 0 Å². The Balaban J connectivity index is 2.49. The van der Waals surface area contributed by atoms with Crippen LogP contribution in [0.4, 0.5) is 5.69 Å². The van der Waals surface area contributed by atoms with E-state index in [0.717, 1.165) is 0 Å². The zero-order valence-corrected chi connectivity index (χ0v) is 14.7. The van der Waals surface area contributed by atoms with Crippen molar-refractivity contribution in [1.29, 1.82) is 0 Å². The van der Waals surface area contributed by atoms with Gasteiger partial charge in [0.2, 0.25) is 0 Å². The third-order valence-corrected chi connectivity index (χ3v) is 5.01. The van der Waals surface area contributed by atoms with E-state index in [1.54, 1.807) is 13.0 Å². The van der Waals surface area contributed by atoms with Crippen LogP contribution in [-0.4, -0.2) is 21.5 Å². The highest BCUT2D eigenvalue weighted by Gasteiger charge is 2.21. The number of carboxylic acids is 1. The molecule has 0 heterocycles. The Labute approximate surface area is 142 Å². The molecule has 2 aromatic rings. The average molecular weight is 399 g/mol. The van der Waals surface area contributed by atoms with Crippen molar-refractivity contribution in [2.24, 2.45) is 0 Å². The molecule has 0 fully saturated rings. The number of rotatable bonds is 5. The lowest BCUT2D eigenvalue weighted by Crippen LogP contribution is -2.23. The topological polar surface area (TPSA) is 95.5 Å². The van der Waals surface area contributed by atoms with E-state index >= 15 is 0 Å². The van der Waals surface area contributed by atoms with Crippen LogP contribution in [0.15, 0.2) is 45.8 Å². The molecule has 0 atom stereocenters. The number of benzene rings is 2. The molecule has 0 radical (unpaired) electrons. The third-order valence-electron chi connectivity index (χ3n) is 3.13. The van der Waals surface area contributed by atoms with Gasteiger partial charge in [-0.1, -0.05) is 28.1 Å². The molecule has 122 valence electrons. The van der Waals surface area contributed by atoms with Gasteiger partial charge in [0.05, 0.1) is 18.8 Å². The first-order valence-electron chi connectivity index (χ1n) is 6.43. The second kappa shape index (κ2) is 6.59. The molecule has 0 aromatic heterocycles. The van der Waals surface area contributed by atoms with Gasteiger partial charge in [0.25, 0.3) is 10.0 Å². The first kappa shape index (κ1) is 17.3. The number of nitrogens with one attached hydrogen (secondary N) is 1. The molecule has 0 saturated heterocycles. The van der Waals surface area contributed by atoms with Gasteiger partial charge < -0.3 is 14.6 Å². The molecule has 0 saturated carbocycles. The van der Waals surface area contributed by atoms with E-state index in [-0.39, 0.29) is 21.9 Å². The molecule has 0 aliphatic heterocycles. The number of carbonyl (C=O) groups excluding carboxylic acids is 1. The summed E-state index contributed by atoms with van der Waals surface area (Å²) in [5, 5.41) is 10.9. The summed E-state index contributed by atoms with van der Waals surface area (Å²) in [6.07, 6.45) is 0. The van der Waals surface area contributed by atoms with Crippen LogP contribution in [-0.2, 0) is 10.0 Å². The normalized spacial score (nSPS) is 11.1. The summed E-state index contributed by atoms with van der Waals surface area (Å²) >= 11 is 3.21. The predicted octanol–water partition coefficient (Wildman–Crippen LogP) is 1.93. The van der Waals surface area contributed by atoms with Crippen molar-refractivity contribution < 1.29 is 23.1 Å². The summed E-state index contributed by atoms with van der Waals surface area (Å²) in [6.45, 7) is 1.66. The van der Waals surface area contributed by atoms with Crippen molar-refractivity contribution >= 4 is 37.6 Å². The van der Waals surface area contributed by atoms with E-state index < -0.39 is 16.0 Å². The van der Waals surface area contributed by atoms with Crippen molar-refractivity contribution in [1.82, 2.24) is 0 Å². The Bertz CT molecular complexity index is 864. The molecule has 0 aliphatic rings. The van der Waals surface area contributed by atoms with Gasteiger partial charge in [0, 0.05) is 4.47 Å². The van der Waals surface area contributed by atoms with Gasteiger partial charge in [0.1, 0.15) is 10.6 Å². The molecule has 1 N–H and O–H groups in total. The highest BCUT2D eigenvalue weighted by molar-refractivity contribution is 9.10. The van der Waals surface area contributed by atoms with Crippen LogP contribution >= 0.6 is 15.9 Å². The van der Waals surface area contributed by atoms with Crippen LogP contribution in [0.2, 0.25) is 0 Å². The Morgan fingerprint density at radius 2 is 1.91 bits per heavy atom. The largest absolute Gasteiger partial charge is 0.545 e. The fourth-order valence-corrected chi connectivity index (χ4v) is 3.75. The molecule has 0 amide bonds. The van der Waals surface area contributed by atoms with Gasteiger partial charge in [-0.05, 0) is 42.3 Å². The smallest absolute Gasteiger partial charge is 0.265 e. The van der Waals surface area contributed by atoms with Crippen LogP contribution in [0.5, 0.6) is 5.75 Å². The van der Waals surface area contributed by atoms with Crippen molar-refractivity contribution in [3.8, 4) is 5.75 Å². The molecule has 0 spiro atoms. The highest BCUT2D eigenvalue weighted by atomic mass is 79.9. The number of ether oxygens (including phenoxy) is 1. The van der Waals surface area contributed by atoms with Crippen molar-refractivity contribution in [2.75, 3.05) is 11.8 Å². The number of aromatic carboxylic acids is 1. The maximum absolute atomic E-state index is 12.6. The van der Waals surface area contributed by atoms with Crippen molar-refractivity contribution in [3.05, 3.63) is 52.0 Å². The number of hydrogen-bond acceptors (Lipinski definition) is 5. The summed E-state index contributed by atoms with van der Waals surface area (Å²) in [4.78, 5) is 10.9. The van der Waals surface area contributed by atoms with Gasteiger partial charge in [-0.2, -0.15) is 0 Å². The Morgan fingerprint density at radius 3 is 2.52 bits per heavy atom. The minimum atomic E-state index is -3.96. The zero-order valence-electron chi connectivity index (χ0n) is 12.3.